The van der Waals surface area contributed by atoms with Crippen LogP contribution in [0.4, 0.5) is 5.69 Å². The minimum Gasteiger partial charge on any atom is -0.339 e. The van der Waals surface area contributed by atoms with Crippen molar-refractivity contribution in [3.05, 3.63) is 88.2 Å². The second-order valence-corrected chi connectivity index (χ2v) is 7.53. The molecule has 0 bridgehead atoms. The van der Waals surface area contributed by atoms with E-state index in [0.717, 1.165) is 29.0 Å². The van der Waals surface area contributed by atoms with Crippen LogP contribution in [-0.4, -0.2) is 23.3 Å². The molecule has 29 heavy (non-hydrogen) atoms. The summed E-state index contributed by atoms with van der Waals surface area (Å²) in [7, 11) is 2.06. The first kappa shape index (κ1) is 22.2. The van der Waals surface area contributed by atoms with E-state index in [4.69, 9.17) is 0 Å². The highest BCUT2D eigenvalue weighted by Crippen LogP contribution is 2.30. The summed E-state index contributed by atoms with van der Waals surface area (Å²) in [5.41, 5.74) is 3.49. The quantitative estimate of drug-likeness (QED) is 0.294. The Labute approximate surface area is 176 Å². The molecule has 0 aliphatic rings. The lowest BCUT2D eigenvalue weighted by molar-refractivity contribution is -0.104. The zero-order valence-corrected chi connectivity index (χ0v) is 18.0. The Kier molecular flexibility index (Phi) is 8.49. The van der Waals surface area contributed by atoms with Gasteiger partial charge in [-0.1, -0.05) is 56.5 Å². The highest BCUT2D eigenvalue weighted by atomic mass is 32.2. The van der Waals surface area contributed by atoms with Crippen molar-refractivity contribution >= 4 is 42.1 Å². The Bertz CT molecular complexity index is 1060. The van der Waals surface area contributed by atoms with Crippen LogP contribution < -0.4 is 15.0 Å². The largest absolute Gasteiger partial charge is 0.339 e. The second-order valence-electron chi connectivity index (χ2n) is 6.33. The number of allylic oxidation sites excluding steroid dienone is 6. The van der Waals surface area contributed by atoms with E-state index < -0.39 is 0 Å². The van der Waals surface area contributed by atoms with Gasteiger partial charge in [0, 0.05) is 12.0 Å². The fraction of sp³-hybridized carbons (Fsp3) is 0.167. The molecule has 1 N–H and O–H groups in total. The third kappa shape index (κ3) is 6.22. The van der Waals surface area contributed by atoms with Crippen LogP contribution in [0.25, 0.3) is 18.2 Å². The lowest BCUT2D eigenvalue weighted by atomic mass is 10.1. The number of aryl methyl sites for hydroxylation is 1. The predicted molar refractivity (Wildman–Crippen MR) is 127 cm³/mol. The Hall–Kier alpha value is -3.05. The molecule has 1 heterocycles. The molecule has 2 aromatic rings. The summed E-state index contributed by atoms with van der Waals surface area (Å²) < 4.78 is 2.16. The molecule has 150 valence electrons. The van der Waals surface area contributed by atoms with Gasteiger partial charge in [-0.2, -0.15) is 0 Å². The number of nitrogens with zero attached hydrogens (tertiary/aromatic N) is 2. The highest BCUT2D eigenvalue weighted by Gasteiger charge is 2.07. The van der Waals surface area contributed by atoms with Crippen molar-refractivity contribution in [2.24, 2.45) is 0 Å². The average molecular weight is 406 g/mol. The van der Waals surface area contributed by atoms with Crippen LogP contribution in [0.2, 0.25) is 0 Å². The zero-order valence-electron chi connectivity index (χ0n) is 17.2. The van der Waals surface area contributed by atoms with E-state index in [1.807, 2.05) is 25.2 Å². The lowest BCUT2D eigenvalue weighted by Crippen LogP contribution is -2.21. The molecule has 0 aliphatic carbocycles. The molecule has 0 spiro atoms. The molecule has 0 atom stereocenters. The minimum absolute atomic E-state index is 0.710. The molecule has 1 aromatic heterocycles. The summed E-state index contributed by atoms with van der Waals surface area (Å²) in [6.07, 6.45) is 12.4. The van der Waals surface area contributed by atoms with Gasteiger partial charge in [-0.15, -0.1) is 0 Å². The van der Waals surface area contributed by atoms with E-state index in [1.54, 1.807) is 24.1 Å². The molecule has 0 amide bonds. The van der Waals surface area contributed by atoms with Crippen molar-refractivity contribution in [2.75, 3.05) is 11.4 Å². The molecular formula is C24H27N3OS. The normalized spacial score (nSPS) is 13.1. The number of aromatic amines is 1. The number of anilines is 1. The summed E-state index contributed by atoms with van der Waals surface area (Å²) in [6, 6.07) is 8.40. The molecule has 5 heteroatoms. The second kappa shape index (κ2) is 11.1. The first-order chi connectivity index (χ1) is 14.0. The van der Waals surface area contributed by atoms with Gasteiger partial charge < -0.3 is 9.29 Å². The monoisotopic (exact) mass is 405 g/mol. The minimum atomic E-state index is 0.710. The number of para-hydroxylation sites is 1. The summed E-state index contributed by atoms with van der Waals surface area (Å²) >= 11 is 1.63. The zero-order chi connectivity index (χ0) is 21.2. The molecular weight excluding hydrogens is 378 g/mol. The molecule has 0 radical (unpaired) electrons. The third-order valence-corrected chi connectivity index (χ3v) is 5.27. The maximum atomic E-state index is 10.4. The number of carbonyl (C=O) groups excluding carboxylic acids is 1. The molecule has 0 saturated carbocycles. The summed E-state index contributed by atoms with van der Waals surface area (Å²) in [6.45, 7) is 12.1. The van der Waals surface area contributed by atoms with Gasteiger partial charge in [0.05, 0.1) is 16.4 Å². The maximum Gasteiger partial charge on any atom is 0.142 e. The first-order valence-corrected chi connectivity index (χ1v) is 10.2. The topological polar surface area (TPSA) is 49.0 Å². The number of nitrogens with one attached hydrogen (secondary N) is 1. The SMILES string of the molecule is C=C/C(=C\C=C(/C)c1n/c(=C/C=C/C=O)c(=C)[nH]1)SN(C)c1ccccc1CC. The van der Waals surface area contributed by atoms with Gasteiger partial charge in [0.1, 0.15) is 12.1 Å². The van der Waals surface area contributed by atoms with E-state index in [9.17, 15) is 4.79 Å². The Morgan fingerprint density at radius 3 is 2.72 bits per heavy atom. The van der Waals surface area contributed by atoms with Crippen LogP contribution in [0.5, 0.6) is 0 Å². The van der Waals surface area contributed by atoms with Crippen molar-refractivity contribution in [3.63, 3.8) is 0 Å². The van der Waals surface area contributed by atoms with Gasteiger partial charge in [-0.05, 0) is 60.7 Å². The van der Waals surface area contributed by atoms with Gasteiger partial charge in [0.2, 0.25) is 0 Å². The summed E-state index contributed by atoms with van der Waals surface area (Å²) in [4.78, 5) is 19.1. The highest BCUT2D eigenvalue weighted by molar-refractivity contribution is 8.04. The van der Waals surface area contributed by atoms with Crippen molar-refractivity contribution in [1.82, 2.24) is 9.97 Å². The number of hydrogen-bond donors (Lipinski definition) is 1. The van der Waals surface area contributed by atoms with Crippen molar-refractivity contribution in [1.29, 1.82) is 0 Å². The number of aldehydes is 1. The molecule has 4 nitrogen and oxygen atoms in total. The number of hydrogen-bond acceptors (Lipinski definition) is 4. The van der Waals surface area contributed by atoms with Crippen LogP contribution in [0.1, 0.15) is 25.2 Å². The number of aromatic nitrogens is 2. The van der Waals surface area contributed by atoms with Crippen LogP contribution in [0, 0.1) is 0 Å². The van der Waals surface area contributed by atoms with Gasteiger partial charge in [0.15, 0.2) is 0 Å². The molecule has 0 aliphatic heterocycles. The van der Waals surface area contributed by atoms with E-state index in [2.05, 4.69) is 65.7 Å². The van der Waals surface area contributed by atoms with Crippen LogP contribution in [0.3, 0.4) is 0 Å². The number of benzene rings is 1. The number of rotatable bonds is 9. The Balaban J connectivity index is 2.22. The van der Waals surface area contributed by atoms with Crippen molar-refractivity contribution < 1.29 is 4.79 Å². The van der Waals surface area contributed by atoms with Crippen molar-refractivity contribution in [3.8, 4) is 0 Å². The summed E-state index contributed by atoms with van der Waals surface area (Å²) in [5, 5.41) is 1.42. The maximum absolute atomic E-state index is 10.4. The average Bonchev–Trinajstić information content (AvgIpc) is 3.11. The number of imidazole rings is 1. The molecule has 1 aromatic carbocycles. The van der Waals surface area contributed by atoms with Crippen LogP contribution in [0.15, 0.2) is 66.1 Å². The molecule has 0 unspecified atom stereocenters. The standard InChI is InChI=1S/C24H27N3OS/c1-6-20-12-8-9-14-23(20)27(5)29-21(7-2)16-15-18(3)24-25-19(4)22(26-24)13-10-11-17-28/h7-17H,2,4,6H2,1,3,5H3,(H,25,26)/b11-10+,18-15+,21-16+,22-13+. The molecule has 0 saturated heterocycles. The van der Waals surface area contributed by atoms with E-state index in [1.165, 1.54) is 17.3 Å². The fourth-order valence-electron chi connectivity index (χ4n) is 2.69. The van der Waals surface area contributed by atoms with E-state index >= 15 is 0 Å². The predicted octanol–water partition coefficient (Wildman–Crippen LogP) is 4.18. The first-order valence-electron chi connectivity index (χ1n) is 9.38. The van der Waals surface area contributed by atoms with Crippen LogP contribution in [-0.2, 0) is 11.2 Å². The van der Waals surface area contributed by atoms with E-state index in [0.29, 0.717) is 10.7 Å². The van der Waals surface area contributed by atoms with Gasteiger partial charge in [0.25, 0.3) is 0 Å². The van der Waals surface area contributed by atoms with Gasteiger partial charge >= 0.3 is 0 Å². The lowest BCUT2D eigenvalue weighted by Gasteiger charge is -2.21. The number of H-pyrrole nitrogens is 1. The smallest absolute Gasteiger partial charge is 0.142 e. The fourth-order valence-corrected chi connectivity index (χ4v) is 3.48. The summed E-state index contributed by atoms with van der Waals surface area (Å²) in [5.74, 6) is 0.745. The Morgan fingerprint density at radius 2 is 2.03 bits per heavy atom. The van der Waals surface area contributed by atoms with Crippen LogP contribution >= 0.6 is 11.9 Å². The molecule has 2 rings (SSSR count). The van der Waals surface area contributed by atoms with Crippen molar-refractivity contribution in [2.45, 2.75) is 20.3 Å². The van der Waals surface area contributed by atoms with E-state index in [-0.39, 0.29) is 0 Å². The third-order valence-electron chi connectivity index (χ3n) is 4.28. The number of carbonyl (C=O) groups is 1. The van der Waals surface area contributed by atoms with Gasteiger partial charge in [-0.3, -0.25) is 4.79 Å². The van der Waals surface area contributed by atoms with Gasteiger partial charge in [-0.25, -0.2) is 4.98 Å². The Morgan fingerprint density at radius 1 is 1.28 bits per heavy atom. The molecule has 0 fully saturated rings.